The minimum absolute atomic E-state index is 0.100. The number of nitriles is 1. The standard InChI is InChI=1S/C6H6F2N4/c1-6(7,8)3-12-5(2-9)10-4-11-12/h4H,3H2,1H3. The zero-order valence-electron chi connectivity index (χ0n) is 6.33. The highest BCUT2D eigenvalue weighted by atomic mass is 19.3. The predicted octanol–water partition coefficient (Wildman–Crippen LogP) is 0.805. The van der Waals surface area contributed by atoms with Gasteiger partial charge >= 0.3 is 0 Å². The first-order valence-electron chi connectivity index (χ1n) is 3.18. The van der Waals surface area contributed by atoms with Crippen molar-refractivity contribution in [2.24, 2.45) is 0 Å². The van der Waals surface area contributed by atoms with Crippen molar-refractivity contribution in [2.75, 3.05) is 0 Å². The van der Waals surface area contributed by atoms with Gasteiger partial charge in [-0.05, 0) is 0 Å². The van der Waals surface area contributed by atoms with E-state index < -0.39 is 12.5 Å². The van der Waals surface area contributed by atoms with E-state index in [9.17, 15) is 8.78 Å². The van der Waals surface area contributed by atoms with Crippen LogP contribution in [0.2, 0.25) is 0 Å². The molecule has 1 heterocycles. The summed E-state index contributed by atoms with van der Waals surface area (Å²) in [4.78, 5) is 3.48. The topological polar surface area (TPSA) is 54.5 Å². The van der Waals surface area contributed by atoms with Crippen molar-refractivity contribution in [3.05, 3.63) is 12.2 Å². The van der Waals surface area contributed by atoms with Crippen LogP contribution in [0, 0.1) is 11.3 Å². The summed E-state index contributed by atoms with van der Waals surface area (Å²) >= 11 is 0. The molecule has 0 amide bonds. The first kappa shape index (κ1) is 8.59. The lowest BCUT2D eigenvalue weighted by Crippen LogP contribution is -2.21. The molecule has 0 unspecified atom stereocenters. The second-order valence-electron chi connectivity index (χ2n) is 2.42. The third kappa shape index (κ3) is 1.99. The first-order valence-corrected chi connectivity index (χ1v) is 3.18. The van der Waals surface area contributed by atoms with Gasteiger partial charge in [0.15, 0.2) is 0 Å². The predicted molar refractivity (Wildman–Crippen MR) is 35.4 cm³/mol. The van der Waals surface area contributed by atoms with E-state index >= 15 is 0 Å². The smallest absolute Gasteiger partial charge is 0.231 e. The molecule has 0 atom stereocenters. The average Bonchev–Trinajstić information content (AvgIpc) is 2.31. The van der Waals surface area contributed by atoms with Gasteiger partial charge in [0.05, 0.1) is 0 Å². The fourth-order valence-electron chi connectivity index (χ4n) is 0.729. The number of nitrogens with zero attached hydrogens (tertiary/aromatic N) is 4. The molecule has 0 aromatic carbocycles. The molecule has 0 saturated carbocycles. The highest BCUT2D eigenvalue weighted by Gasteiger charge is 2.23. The lowest BCUT2D eigenvalue weighted by Gasteiger charge is -2.09. The summed E-state index contributed by atoms with van der Waals surface area (Å²) in [6, 6.07) is 1.65. The fourth-order valence-corrected chi connectivity index (χ4v) is 0.729. The summed E-state index contributed by atoms with van der Waals surface area (Å²) < 4.78 is 25.7. The van der Waals surface area contributed by atoms with E-state index in [1.54, 1.807) is 6.07 Å². The van der Waals surface area contributed by atoms with Crippen LogP contribution in [-0.4, -0.2) is 20.7 Å². The van der Waals surface area contributed by atoms with Crippen molar-refractivity contribution in [1.82, 2.24) is 14.8 Å². The van der Waals surface area contributed by atoms with Crippen LogP contribution < -0.4 is 0 Å². The van der Waals surface area contributed by atoms with E-state index in [1.807, 2.05) is 0 Å². The summed E-state index contributed by atoms with van der Waals surface area (Å²) in [5, 5.41) is 11.9. The van der Waals surface area contributed by atoms with Crippen molar-refractivity contribution in [1.29, 1.82) is 5.26 Å². The largest absolute Gasteiger partial charge is 0.264 e. The van der Waals surface area contributed by atoms with Gasteiger partial charge in [0.2, 0.25) is 5.82 Å². The second-order valence-corrected chi connectivity index (χ2v) is 2.42. The lowest BCUT2D eigenvalue weighted by atomic mass is 10.4. The van der Waals surface area contributed by atoms with Gasteiger partial charge in [-0.1, -0.05) is 0 Å². The summed E-state index contributed by atoms with van der Waals surface area (Å²) in [5.41, 5.74) is 0. The Labute approximate surface area is 67.4 Å². The molecule has 12 heavy (non-hydrogen) atoms. The fraction of sp³-hybridized carbons (Fsp3) is 0.500. The molecule has 1 aromatic rings. The third-order valence-corrected chi connectivity index (χ3v) is 1.14. The minimum atomic E-state index is -2.88. The molecule has 0 bridgehead atoms. The maximum absolute atomic E-state index is 12.4. The van der Waals surface area contributed by atoms with Crippen molar-refractivity contribution in [3.63, 3.8) is 0 Å². The van der Waals surface area contributed by atoms with E-state index in [4.69, 9.17) is 5.26 Å². The van der Waals surface area contributed by atoms with E-state index in [0.29, 0.717) is 0 Å². The maximum atomic E-state index is 12.4. The maximum Gasteiger partial charge on any atom is 0.264 e. The Morgan fingerprint density at radius 2 is 2.42 bits per heavy atom. The average molecular weight is 172 g/mol. The lowest BCUT2D eigenvalue weighted by molar-refractivity contribution is 0.000229. The third-order valence-electron chi connectivity index (χ3n) is 1.14. The molecule has 1 rings (SSSR count). The SMILES string of the molecule is CC(F)(F)Cn1ncnc1C#N. The van der Waals surface area contributed by atoms with E-state index in [2.05, 4.69) is 10.1 Å². The van der Waals surface area contributed by atoms with Crippen molar-refractivity contribution in [2.45, 2.75) is 19.4 Å². The minimum Gasteiger partial charge on any atom is -0.231 e. The molecule has 0 spiro atoms. The van der Waals surface area contributed by atoms with Gasteiger partial charge in [-0.2, -0.15) is 10.4 Å². The Balaban J connectivity index is 2.84. The number of aromatic nitrogens is 3. The Morgan fingerprint density at radius 3 is 2.92 bits per heavy atom. The van der Waals surface area contributed by atoms with Crippen LogP contribution in [0.4, 0.5) is 8.78 Å². The molecule has 0 aliphatic heterocycles. The van der Waals surface area contributed by atoms with Crippen LogP contribution >= 0.6 is 0 Å². The Bertz CT molecular complexity index is 306. The monoisotopic (exact) mass is 172 g/mol. The second kappa shape index (κ2) is 2.85. The van der Waals surface area contributed by atoms with E-state index in [-0.39, 0.29) is 5.82 Å². The van der Waals surface area contributed by atoms with Crippen LogP contribution in [0.25, 0.3) is 0 Å². The van der Waals surface area contributed by atoms with Gasteiger partial charge in [-0.25, -0.2) is 18.4 Å². The first-order chi connectivity index (χ1) is 5.53. The Morgan fingerprint density at radius 1 is 1.75 bits per heavy atom. The van der Waals surface area contributed by atoms with Gasteiger partial charge < -0.3 is 0 Å². The molecule has 0 saturated heterocycles. The number of hydrogen-bond donors (Lipinski definition) is 0. The zero-order chi connectivity index (χ0) is 9.19. The quantitative estimate of drug-likeness (QED) is 0.663. The van der Waals surface area contributed by atoms with Gasteiger partial charge in [0.25, 0.3) is 5.92 Å². The molecule has 0 radical (unpaired) electrons. The summed E-state index contributed by atoms with van der Waals surface area (Å²) in [6.45, 7) is 0.145. The van der Waals surface area contributed by atoms with Crippen LogP contribution in [-0.2, 0) is 6.54 Å². The van der Waals surface area contributed by atoms with Crippen molar-refractivity contribution < 1.29 is 8.78 Å². The zero-order valence-corrected chi connectivity index (χ0v) is 6.33. The van der Waals surface area contributed by atoms with Crippen LogP contribution in [0.3, 0.4) is 0 Å². The van der Waals surface area contributed by atoms with Gasteiger partial charge in [-0.15, -0.1) is 0 Å². The van der Waals surface area contributed by atoms with Crippen LogP contribution in [0.15, 0.2) is 6.33 Å². The van der Waals surface area contributed by atoms with Crippen molar-refractivity contribution >= 4 is 0 Å². The number of rotatable bonds is 2. The summed E-state index contributed by atoms with van der Waals surface area (Å²) in [6.07, 6.45) is 1.07. The molecule has 0 fully saturated rings. The summed E-state index contributed by atoms with van der Waals surface area (Å²) in [7, 11) is 0. The van der Waals surface area contributed by atoms with Gasteiger partial charge in [0, 0.05) is 6.92 Å². The molecular weight excluding hydrogens is 166 g/mol. The number of alkyl halides is 2. The Kier molecular flexibility index (Phi) is 2.04. The molecule has 0 N–H and O–H groups in total. The van der Waals surface area contributed by atoms with Crippen LogP contribution in [0.5, 0.6) is 0 Å². The molecule has 6 heteroatoms. The highest BCUT2D eigenvalue weighted by molar-refractivity contribution is 5.07. The molecule has 0 aliphatic carbocycles. The van der Waals surface area contributed by atoms with E-state index in [1.165, 1.54) is 0 Å². The molecule has 4 nitrogen and oxygen atoms in total. The number of halogens is 2. The van der Waals surface area contributed by atoms with Gasteiger partial charge in [-0.3, -0.25) is 0 Å². The normalized spacial score (nSPS) is 11.2. The molecular formula is C6H6F2N4. The molecule has 64 valence electrons. The number of hydrogen-bond acceptors (Lipinski definition) is 3. The Hall–Kier alpha value is -1.51. The molecule has 1 aromatic heterocycles. The van der Waals surface area contributed by atoms with Crippen molar-refractivity contribution in [3.8, 4) is 6.07 Å². The van der Waals surface area contributed by atoms with E-state index in [0.717, 1.165) is 17.9 Å². The van der Waals surface area contributed by atoms with Crippen LogP contribution in [0.1, 0.15) is 12.7 Å². The highest BCUT2D eigenvalue weighted by Crippen LogP contribution is 2.14. The summed E-state index contributed by atoms with van der Waals surface area (Å²) in [5.74, 6) is -2.98. The van der Waals surface area contributed by atoms with Gasteiger partial charge in [0.1, 0.15) is 18.9 Å². The molecule has 0 aliphatic rings.